The average molecular weight is 362 g/mol. The Balaban J connectivity index is 2.00. The monoisotopic (exact) mass is 361 g/mol. The molecule has 24 heavy (non-hydrogen) atoms. The second-order valence-corrected chi connectivity index (χ2v) is 6.09. The second kappa shape index (κ2) is 9.06. The molecular formula is C17H16ClN3O2S. The summed E-state index contributed by atoms with van der Waals surface area (Å²) in [5, 5.41) is 15.0. The van der Waals surface area contributed by atoms with Crippen molar-refractivity contribution in [3.63, 3.8) is 0 Å². The Kier molecular flexibility index (Phi) is 6.79. The molecule has 0 aromatic heterocycles. The van der Waals surface area contributed by atoms with Crippen molar-refractivity contribution in [1.82, 2.24) is 0 Å². The topological polar surface area (TPSA) is 74.2 Å². The normalized spacial score (nSPS) is 9.88. The van der Waals surface area contributed by atoms with Gasteiger partial charge in [-0.2, -0.15) is 5.26 Å². The molecule has 0 saturated carbocycles. The summed E-state index contributed by atoms with van der Waals surface area (Å²) in [6, 6.07) is 14.7. The van der Waals surface area contributed by atoms with E-state index in [9.17, 15) is 4.79 Å². The van der Waals surface area contributed by atoms with Gasteiger partial charge in [0.15, 0.2) is 5.75 Å². The smallest absolute Gasteiger partial charge is 0.243 e. The number of nitriles is 1. The van der Waals surface area contributed by atoms with Crippen LogP contribution in [0.25, 0.3) is 0 Å². The lowest BCUT2D eigenvalue weighted by atomic mass is 10.3. The fraction of sp³-hybridized carbons (Fsp3) is 0.176. The maximum Gasteiger partial charge on any atom is 0.243 e. The van der Waals surface area contributed by atoms with Crippen LogP contribution in [0.5, 0.6) is 5.75 Å². The van der Waals surface area contributed by atoms with Crippen molar-refractivity contribution >= 4 is 40.6 Å². The zero-order valence-electron chi connectivity index (χ0n) is 13.0. The van der Waals surface area contributed by atoms with Gasteiger partial charge in [-0.25, -0.2) is 0 Å². The number of benzene rings is 2. The summed E-state index contributed by atoms with van der Waals surface area (Å²) in [6.07, 6.45) is 0. The number of methoxy groups -OCH3 is 1. The van der Waals surface area contributed by atoms with Gasteiger partial charge in [0, 0.05) is 4.90 Å². The third-order valence-electron chi connectivity index (χ3n) is 3.06. The van der Waals surface area contributed by atoms with E-state index in [-0.39, 0.29) is 12.5 Å². The predicted octanol–water partition coefficient (Wildman–Crippen LogP) is 4.01. The number of carbonyl (C=O) groups excluding carboxylic acids is 1. The summed E-state index contributed by atoms with van der Waals surface area (Å²) in [6.45, 7) is 0.0634. The van der Waals surface area contributed by atoms with Crippen molar-refractivity contribution in [3.05, 3.63) is 47.5 Å². The third kappa shape index (κ3) is 4.82. The van der Waals surface area contributed by atoms with Crippen molar-refractivity contribution in [1.29, 1.82) is 5.26 Å². The van der Waals surface area contributed by atoms with E-state index >= 15 is 0 Å². The average Bonchev–Trinajstić information content (AvgIpc) is 2.59. The number of nitrogens with zero attached hydrogens (tertiary/aromatic N) is 1. The third-order valence-corrected chi connectivity index (χ3v) is 4.30. The first kappa shape index (κ1) is 18.0. The molecule has 0 atom stereocenters. The number of thioether (sulfide) groups is 1. The number of anilines is 2. The van der Waals surface area contributed by atoms with Gasteiger partial charge in [-0.05, 0) is 24.3 Å². The molecule has 0 aliphatic rings. The number of ether oxygens (including phenoxy) is 1. The zero-order valence-corrected chi connectivity index (χ0v) is 14.6. The first-order chi connectivity index (χ1) is 11.7. The standard InChI is InChI=1S/C17H16ClN3O2S/c1-23-17-12(18)5-4-7-14(17)20-11-16(22)21-13-6-2-3-8-15(13)24-10-9-19/h2-8,20H,10-11H2,1H3,(H,21,22). The van der Waals surface area contributed by atoms with Crippen LogP contribution < -0.4 is 15.4 Å². The van der Waals surface area contributed by atoms with E-state index in [1.54, 1.807) is 24.3 Å². The quantitative estimate of drug-likeness (QED) is 0.729. The Bertz CT molecular complexity index is 762. The summed E-state index contributed by atoms with van der Waals surface area (Å²) in [4.78, 5) is 13.0. The van der Waals surface area contributed by atoms with Gasteiger partial charge in [0.05, 0.1) is 41.9 Å². The molecule has 0 unspecified atom stereocenters. The molecule has 0 bridgehead atoms. The van der Waals surface area contributed by atoms with E-state index in [1.165, 1.54) is 18.9 Å². The molecule has 0 heterocycles. The molecule has 124 valence electrons. The van der Waals surface area contributed by atoms with Crippen LogP contribution in [0.2, 0.25) is 5.02 Å². The van der Waals surface area contributed by atoms with Crippen LogP contribution in [0.15, 0.2) is 47.4 Å². The number of hydrogen-bond donors (Lipinski definition) is 2. The first-order valence-corrected chi connectivity index (χ1v) is 8.47. The van der Waals surface area contributed by atoms with Crippen molar-refractivity contribution < 1.29 is 9.53 Å². The highest BCUT2D eigenvalue weighted by molar-refractivity contribution is 7.99. The van der Waals surface area contributed by atoms with E-state index in [0.717, 1.165) is 4.90 Å². The molecule has 5 nitrogen and oxygen atoms in total. The Hall–Kier alpha value is -2.36. The van der Waals surface area contributed by atoms with Crippen molar-refractivity contribution in [2.75, 3.05) is 30.0 Å². The molecule has 0 saturated heterocycles. The predicted molar refractivity (Wildman–Crippen MR) is 97.9 cm³/mol. The first-order valence-electron chi connectivity index (χ1n) is 7.10. The molecule has 0 fully saturated rings. The fourth-order valence-corrected chi connectivity index (χ4v) is 2.95. The molecule has 1 amide bonds. The summed E-state index contributed by atoms with van der Waals surface area (Å²) < 4.78 is 5.23. The number of carbonyl (C=O) groups is 1. The highest BCUT2D eigenvalue weighted by Gasteiger charge is 2.10. The molecule has 2 N–H and O–H groups in total. The highest BCUT2D eigenvalue weighted by atomic mass is 35.5. The molecular weight excluding hydrogens is 346 g/mol. The van der Waals surface area contributed by atoms with Crippen LogP contribution in [-0.2, 0) is 4.79 Å². The summed E-state index contributed by atoms with van der Waals surface area (Å²) >= 11 is 7.43. The van der Waals surface area contributed by atoms with Gasteiger partial charge in [0.2, 0.25) is 5.91 Å². The fourth-order valence-electron chi connectivity index (χ4n) is 2.03. The number of amides is 1. The van der Waals surface area contributed by atoms with Gasteiger partial charge in [0.25, 0.3) is 0 Å². The largest absolute Gasteiger partial charge is 0.493 e. The van der Waals surface area contributed by atoms with Crippen LogP contribution in [0.1, 0.15) is 0 Å². The Labute approximate surface area is 150 Å². The molecule has 2 aromatic rings. The molecule has 7 heteroatoms. The van der Waals surface area contributed by atoms with E-state index in [0.29, 0.717) is 27.9 Å². The van der Waals surface area contributed by atoms with Gasteiger partial charge in [-0.3, -0.25) is 4.79 Å². The van der Waals surface area contributed by atoms with E-state index in [1.807, 2.05) is 18.2 Å². The van der Waals surface area contributed by atoms with E-state index in [4.69, 9.17) is 21.6 Å². The van der Waals surface area contributed by atoms with Crippen LogP contribution in [0.4, 0.5) is 11.4 Å². The zero-order chi connectivity index (χ0) is 17.4. The molecule has 2 rings (SSSR count). The van der Waals surface area contributed by atoms with Crippen LogP contribution in [0.3, 0.4) is 0 Å². The van der Waals surface area contributed by atoms with Crippen molar-refractivity contribution in [3.8, 4) is 11.8 Å². The van der Waals surface area contributed by atoms with Crippen molar-refractivity contribution in [2.24, 2.45) is 0 Å². The minimum Gasteiger partial charge on any atom is -0.493 e. The molecule has 0 aliphatic heterocycles. The van der Waals surface area contributed by atoms with Gasteiger partial charge in [-0.1, -0.05) is 29.8 Å². The molecule has 2 aromatic carbocycles. The summed E-state index contributed by atoms with van der Waals surface area (Å²) in [7, 11) is 1.52. The van der Waals surface area contributed by atoms with Crippen LogP contribution in [-0.4, -0.2) is 25.3 Å². The van der Waals surface area contributed by atoms with Crippen molar-refractivity contribution in [2.45, 2.75) is 4.90 Å². The lowest BCUT2D eigenvalue weighted by molar-refractivity contribution is -0.114. The second-order valence-electron chi connectivity index (χ2n) is 4.67. The minimum absolute atomic E-state index is 0.0634. The maximum atomic E-state index is 12.2. The lowest BCUT2D eigenvalue weighted by Crippen LogP contribution is -2.22. The Morgan fingerprint density at radius 2 is 2.00 bits per heavy atom. The molecule has 0 radical (unpaired) electrons. The number of para-hydroxylation sites is 2. The minimum atomic E-state index is -0.206. The van der Waals surface area contributed by atoms with Gasteiger partial charge in [0.1, 0.15) is 0 Å². The molecule has 0 aliphatic carbocycles. The number of halogens is 1. The SMILES string of the molecule is COc1c(Cl)cccc1NCC(=O)Nc1ccccc1SCC#N. The van der Waals surface area contributed by atoms with Crippen LogP contribution in [0, 0.1) is 11.3 Å². The highest BCUT2D eigenvalue weighted by Crippen LogP contribution is 2.32. The van der Waals surface area contributed by atoms with Crippen LogP contribution >= 0.6 is 23.4 Å². The number of hydrogen-bond acceptors (Lipinski definition) is 5. The Morgan fingerprint density at radius 3 is 2.75 bits per heavy atom. The van der Waals surface area contributed by atoms with Gasteiger partial charge >= 0.3 is 0 Å². The maximum absolute atomic E-state index is 12.2. The van der Waals surface area contributed by atoms with E-state index < -0.39 is 0 Å². The Morgan fingerprint density at radius 1 is 1.25 bits per heavy atom. The lowest BCUT2D eigenvalue weighted by Gasteiger charge is -2.13. The van der Waals surface area contributed by atoms with Gasteiger partial charge in [-0.15, -0.1) is 11.8 Å². The number of nitrogens with one attached hydrogen (secondary N) is 2. The molecule has 0 spiro atoms. The van der Waals surface area contributed by atoms with Gasteiger partial charge < -0.3 is 15.4 Å². The summed E-state index contributed by atoms with van der Waals surface area (Å²) in [5.74, 6) is 0.615. The van der Waals surface area contributed by atoms with E-state index in [2.05, 4.69) is 16.7 Å². The summed E-state index contributed by atoms with van der Waals surface area (Å²) in [5.41, 5.74) is 1.33. The number of rotatable bonds is 7.